The number of carbonyl (C=O) groups is 1. The quantitative estimate of drug-likeness (QED) is 0.871. The highest BCUT2D eigenvalue weighted by Gasteiger charge is 2.35. The minimum atomic E-state index is -0.951. The number of amides is 1. The summed E-state index contributed by atoms with van der Waals surface area (Å²) in [5.41, 5.74) is 0.367. The molecule has 7 heteroatoms. The number of β-amino-alcohol motifs (C(OH)–C–C–N with tert-alkyl or cyclic N) is 1. The van der Waals surface area contributed by atoms with Crippen molar-refractivity contribution in [3.63, 3.8) is 0 Å². The first kappa shape index (κ1) is 16.5. The Hall–Kier alpha value is -1.99. The molecule has 0 spiro atoms. The van der Waals surface area contributed by atoms with Crippen LogP contribution < -0.4 is 10.2 Å². The van der Waals surface area contributed by atoms with E-state index in [0.29, 0.717) is 18.9 Å². The average molecular weight is 358 g/mol. The van der Waals surface area contributed by atoms with Gasteiger partial charge in [0.05, 0.1) is 17.0 Å². The van der Waals surface area contributed by atoms with Gasteiger partial charge >= 0.3 is 0 Å². The summed E-state index contributed by atoms with van der Waals surface area (Å²) in [4.78, 5) is 25.0. The van der Waals surface area contributed by atoms with Crippen LogP contribution >= 0.6 is 11.3 Å². The van der Waals surface area contributed by atoms with Gasteiger partial charge in [-0.15, -0.1) is 11.3 Å². The maximum Gasteiger partial charge on any atom is 0.261 e. The molecule has 2 aromatic rings. The zero-order valence-corrected chi connectivity index (χ0v) is 14.9. The van der Waals surface area contributed by atoms with E-state index in [4.69, 9.17) is 0 Å². The van der Waals surface area contributed by atoms with Crippen molar-refractivity contribution >= 4 is 23.2 Å². The maximum absolute atomic E-state index is 12.4. The van der Waals surface area contributed by atoms with Crippen LogP contribution in [0.3, 0.4) is 0 Å². The Morgan fingerprint density at radius 1 is 1.32 bits per heavy atom. The number of piperidine rings is 1. The first-order valence-corrected chi connectivity index (χ1v) is 9.59. The van der Waals surface area contributed by atoms with Gasteiger partial charge in [-0.1, -0.05) is 0 Å². The van der Waals surface area contributed by atoms with E-state index in [1.165, 1.54) is 16.9 Å². The van der Waals surface area contributed by atoms with E-state index in [2.05, 4.69) is 15.3 Å². The second-order valence-electron chi connectivity index (χ2n) is 6.89. The summed E-state index contributed by atoms with van der Waals surface area (Å²) in [5.74, 6) is 0.544. The summed E-state index contributed by atoms with van der Waals surface area (Å²) in [5, 5.41) is 13.8. The Balaban J connectivity index is 1.38. The lowest BCUT2D eigenvalue weighted by molar-refractivity contribution is 0.0253. The fraction of sp³-hybridized carbons (Fsp3) is 0.500. The third-order valence-corrected chi connectivity index (χ3v) is 6.17. The van der Waals surface area contributed by atoms with Crippen molar-refractivity contribution in [2.75, 3.05) is 24.5 Å². The normalized spacial score (nSPS) is 22.7. The summed E-state index contributed by atoms with van der Waals surface area (Å²) in [6.07, 6.45) is 8.27. The van der Waals surface area contributed by atoms with E-state index in [9.17, 15) is 9.90 Å². The lowest BCUT2D eigenvalue weighted by atomic mass is 9.93. The number of nitrogens with zero attached hydrogens (tertiary/aromatic N) is 3. The molecule has 0 radical (unpaired) electrons. The van der Waals surface area contributed by atoms with Crippen LogP contribution in [0.15, 0.2) is 24.5 Å². The smallest absolute Gasteiger partial charge is 0.261 e. The maximum atomic E-state index is 12.4. The van der Waals surface area contributed by atoms with Gasteiger partial charge in [-0.2, -0.15) is 0 Å². The molecule has 0 bridgehead atoms. The molecule has 132 valence electrons. The van der Waals surface area contributed by atoms with Gasteiger partial charge in [0, 0.05) is 30.4 Å². The van der Waals surface area contributed by atoms with Gasteiger partial charge < -0.3 is 15.3 Å². The van der Waals surface area contributed by atoms with E-state index in [1.807, 2.05) is 11.0 Å². The third kappa shape index (κ3) is 3.52. The molecule has 1 unspecified atom stereocenters. The number of carbonyl (C=O) groups excluding carboxylic acids is 1. The van der Waals surface area contributed by atoms with Gasteiger partial charge in [-0.3, -0.25) is 4.79 Å². The predicted octanol–water partition coefficient (Wildman–Crippen LogP) is 1.79. The molecule has 2 aliphatic rings. The number of aromatic nitrogens is 2. The van der Waals surface area contributed by atoms with E-state index in [1.54, 1.807) is 29.8 Å². The Morgan fingerprint density at radius 3 is 2.96 bits per heavy atom. The molecule has 1 aliphatic carbocycles. The fourth-order valence-corrected chi connectivity index (χ4v) is 4.82. The topological polar surface area (TPSA) is 78.4 Å². The van der Waals surface area contributed by atoms with E-state index < -0.39 is 5.60 Å². The Morgan fingerprint density at radius 2 is 2.16 bits per heavy atom. The highest BCUT2D eigenvalue weighted by Crippen LogP contribution is 2.30. The van der Waals surface area contributed by atoms with Crippen molar-refractivity contribution in [1.29, 1.82) is 0 Å². The summed E-state index contributed by atoms with van der Waals surface area (Å²) in [6, 6.07) is 3.79. The monoisotopic (exact) mass is 358 g/mol. The van der Waals surface area contributed by atoms with Crippen LogP contribution in [0.1, 0.15) is 39.4 Å². The highest BCUT2D eigenvalue weighted by molar-refractivity contribution is 7.14. The van der Waals surface area contributed by atoms with Crippen LogP contribution in [-0.4, -0.2) is 46.2 Å². The molecule has 0 saturated carbocycles. The van der Waals surface area contributed by atoms with Gasteiger partial charge in [0.1, 0.15) is 0 Å². The van der Waals surface area contributed by atoms with Crippen molar-refractivity contribution in [2.45, 2.75) is 37.7 Å². The van der Waals surface area contributed by atoms with Crippen LogP contribution in [0.2, 0.25) is 0 Å². The molecule has 1 saturated heterocycles. The minimum Gasteiger partial charge on any atom is -0.386 e. The van der Waals surface area contributed by atoms with Gasteiger partial charge in [0.25, 0.3) is 5.91 Å². The molecule has 4 rings (SSSR count). The fourth-order valence-electron chi connectivity index (χ4n) is 3.65. The van der Waals surface area contributed by atoms with Gasteiger partial charge in [0.15, 0.2) is 0 Å². The number of hydrogen-bond donors (Lipinski definition) is 2. The van der Waals surface area contributed by atoms with Crippen LogP contribution in [0.4, 0.5) is 5.95 Å². The van der Waals surface area contributed by atoms with Crippen LogP contribution in [0.5, 0.6) is 0 Å². The number of aryl methyl sites for hydroxylation is 2. The van der Waals surface area contributed by atoms with E-state index >= 15 is 0 Å². The van der Waals surface area contributed by atoms with Crippen LogP contribution in [-0.2, 0) is 12.8 Å². The first-order chi connectivity index (χ1) is 12.1. The molecule has 25 heavy (non-hydrogen) atoms. The number of nitrogens with one attached hydrogen (secondary N) is 1. The SMILES string of the molecule is O=C(NCC1(O)CCCN(c2ncccn2)C1)c1cc2c(s1)CCC2. The zero-order valence-electron chi connectivity index (χ0n) is 14.1. The Bertz CT molecular complexity index is 742. The number of hydrogen-bond acceptors (Lipinski definition) is 6. The van der Waals surface area contributed by atoms with Gasteiger partial charge in [-0.05, 0) is 49.8 Å². The molecule has 1 atom stereocenters. The van der Waals surface area contributed by atoms with Crippen molar-refractivity contribution in [2.24, 2.45) is 0 Å². The van der Waals surface area contributed by atoms with E-state index in [0.717, 1.165) is 30.7 Å². The standard InChI is InChI=1S/C18H22N4O2S/c23-16(15-10-13-4-1-5-14(13)25-15)21-11-18(24)6-2-9-22(12-18)17-19-7-3-8-20-17/h3,7-8,10,24H,1-2,4-6,9,11-12H2,(H,21,23). The highest BCUT2D eigenvalue weighted by atomic mass is 32.1. The predicted molar refractivity (Wildman–Crippen MR) is 97.1 cm³/mol. The molecule has 1 aliphatic heterocycles. The molecule has 6 nitrogen and oxygen atoms in total. The van der Waals surface area contributed by atoms with Crippen molar-refractivity contribution in [1.82, 2.24) is 15.3 Å². The molecule has 1 fully saturated rings. The van der Waals surface area contributed by atoms with Crippen LogP contribution in [0.25, 0.3) is 0 Å². The summed E-state index contributed by atoms with van der Waals surface area (Å²) in [7, 11) is 0. The van der Waals surface area contributed by atoms with E-state index in [-0.39, 0.29) is 12.5 Å². The number of aliphatic hydroxyl groups is 1. The number of thiophene rings is 1. The first-order valence-electron chi connectivity index (χ1n) is 8.77. The number of rotatable bonds is 4. The number of fused-ring (bicyclic) bond motifs is 1. The largest absolute Gasteiger partial charge is 0.386 e. The van der Waals surface area contributed by atoms with Crippen molar-refractivity contribution in [3.8, 4) is 0 Å². The summed E-state index contributed by atoms with van der Waals surface area (Å²) in [6.45, 7) is 1.49. The van der Waals surface area contributed by atoms with Gasteiger partial charge in [0.2, 0.25) is 5.95 Å². The van der Waals surface area contributed by atoms with Crippen LogP contribution in [0, 0.1) is 0 Å². The molecule has 2 aromatic heterocycles. The summed E-state index contributed by atoms with van der Waals surface area (Å²) >= 11 is 1.59. The summed E-state index contributed by atoms with van der Waals surface area (Å²) < 4.78 is 0. The molecular formula is C18H22N4O2S. The lowest BCUT2D eigenvalue weighted by Gasteiger charge is -2.39. The van der Waals surface area contributed by atoms with Crippen molar-refractivity contribution < 1.29 is 9.90 Å². The molecular weight excluding hydrogens is 336 g/mol. The molecule has 0 aromatic carbocycles. The molecule has 1 amide bonds. The second kappa shape index (κ2) is 6.72. The molecule has 3 heterocycles. The number of anilines is 1. The second-order valence-corrected chi connectivity index (χ2v) is 8.03. The molecule has 2 N–H and O–H groups in total. The average Bonchev–Trinajstić information content (AvgIpc) is 3.23. The Kier molecular flexibility index (Phi) is 4.43. The van der Waals surface area contributed by atoms with Crippen molar-refractivity contribution in [3.05, 3.63) is 39.8 Å². The Labute approximate surface area is 150 Å². The zero-order chi connectivity index (χ0) is 17.3. The minimum absolute atomic E-state index is 0.0825. The van der Waals surface area contributed by atoms with Gasteiger partial charge in [-0.25, -0.2) is 9.97 Å². The lowest BCUT2D eigenvalue weighted by Crippen LogP contribution is -2.54. The third-order valence-electron chi connectivity index (χ3n) is 4.94.